The van der Waals surface area contributed by atoms with Crippen molar-refractivity contribution in [2.45, 2.75) is 24.8 Å². The summed E-state index contributed by atoms with van der Waals surface area (Å²) in [7, 11) is 0. The molecule has 140 valence electrons. The third kappa shape index (κ3) is 4.14. The number of anilines is 1. The number of ether oxygens (including phenoxy) is 1. The molecule has 0 amide bonds. The number of hydrogen-bond acceptors (Lipinski definition) is 7. The molecule has 7 heteroatoms. The summed E-state index contributed by atoms with van der Waals surface area (Å²) >= 11 is 1.53. The Morgan fingerprint density at radius 1 is 1.11 bits per heavy atom. The minimum absolute atomic E-state index is 0.332. The fourth-order valence-electron chi connectivity index (χ4n) is 3.15. The van der Waals surface area contributed by atoms with Crippen molar-refractivity contribution < 1.29 is 9.15 Å². The molecule has 0 spiro atoms. The van der Waals surface area contributed by atoms with Crippen LogP contribution in [0.1, 0.15) is 16.8 Å². The molecule has 0 aliphatic carbocycles. The summed E-state index contributed by atoms with van der Waals surface area (Å²) in [4.78, 5) is 23.4. The Hall–Kier alpha value is -2.38. The summed E-state index contributed by atoms with van der Waals surface area (Å²) in [6.07, 6.45) is 0. The van der Waals surface area contributed by atoms with Crippen LogP contribution in [-0.2, 0) is 10.5 Å². The third-order valence-electron chi connectivity index (χ3n) is 4.50. The summed E-state index contributed by atoms with van der Waals surface area (Å²) in [6, 6.07) is 9.41. The van der Waals surface area contributed by atoms with E-state index < -0.39 is 0 Å². The largest absolute Gasteiger partial charge is 0.423 e. The second-order valence-electron chi connectivity index (χ2n) is 6.63. The van der Waals surface area contributed by atoms with Gasteiger partial charge in [0.15, 0.2) is 5.16 Å². The second kappa shape index (κ2) is 7.70. The highest BCUT2D eigenvalue weighted by Gasteiger charge is 2.15. The number of aromatic nitrogens is 2. The van der Waals surface area contributed by atoms with Gasteiger partial charge in [-0.1, -0.05) is 23.4 Å². The number of thioether (sulfide) groups is 1. The van der Waals surface area contributed by atoms with Gasteiger partial charge in [-0.3, -0.25) is 0 Å². The Morgan fingerprint density at radius 2 is 1.93 bits per heavy atom. The summed E-state index contributed by atoms with van der Waals surface area (Å²) < 4.78 is 10.7. The van der Waals surface area contributed by atoms with E-state index in [1.165, 1.54) is 11.8 Å². The summed E-state index contributed by atoms with van der Waals surface area (Å²) in [5, 5.41) is 1.67. The molecule has 3 heterocycles. The molecule has 0 unspecified atom stereocenters. The predicted octanol–water partition coefficient (Wildman–Crippen LogP) is 3.33. The average molecular weight is 383 g/mol. The van der Waals surface area contributed by atoms with E-state index in [9.17, 15) is 4.79 Å². The number of benzene rings is 1. The molecule has 0 bridgehead atoms. The van der Waals surface area contributed by atoms with Gasteiger partial charge in [-0.25, -0.2) is 14.8 Å². The lowest BCUT2D eigenvalue weighted by Crippen LogP contribution is -2.36. The van der Waals surface area contributed by atoms with E-state index in [1.807, 2.05) is 38.1 Å². The number of morpholine rings is 1. The van der Waals surface area contributed by atoms with Gasteiger partial charge in [0, 0.05) is 42.1 Å². The summed E-state index contributed by atoms with van der Waals surface area (Å²) in [6.45, 7) is 7.12. The van der Waals surface area contributed by atoms with Crippen molar-refractivity contribution in [1.82, 2.24) is 9.97 Å². The van der Waals surface area contributed by atoms with E-state index in [4.69, 9.17) is 14.1 Å². The van der Waals surface area contributed by atoms with Crippen LogP contribution in [0.4, 0.5) is 5.82 Å². The zero-order valence-corrected chi connectivity index (χ0v) is 16.2. The summed E-state index contributed by atoms with van der Waals surface area (Å²) in [5.74, 6) is 1.54. The number of nitrogens with zero attached hydrogens (tertiary/aromatic N) is 3. The monoisotopic (exact) mass is 383 g/mol. The Bertz CT molecular complexity index is 1030. The molecule has 1 saturated heterocycles. The molecule has 1 aliphatic rings. The Labute approximate surface area is 161 Å². The number of aryl methyl sites for hydroxylation is 2. The highest BCUT2D eigenvalue weighted by molar-refractivity contribution is 7.98. The maximum Gasteiger partial charge on any atom is 0.336 e. The first kappa shape index (κ1) is 18.0. The van der Waals surface area contributed by atoms with Gasteiger partial charge in [0.05, 0.1) is 13.2 Å². The highest BCUT2D eigenvalue weighted by atomic mass is 32.2. The van der Waals surface area contributed by atoms with Crippen LogP contribution < -0.4 is 10.5 Å². The van der Waals surface area contributed by atoms with Crippen molar-refractivity contribution in [2.75, 3.05) is 31.2 Å². The van der Waals surface area contributed by atoms with Gasteiger partial charge >= 0.3 is 5.63 Å². The smallest absolute Gasteiger partial charge is 0.336 e. The minimum Gasteiger partial charge on any atom is -0.423 e. The zero-order chi connectivity index (χ0) is 18.8. The predicted molar refractivity (Wildman–Crippen MR) is 107 cm³/mol. The third-order valence-corrected chi connectivity index (χ3v) is 5.39. The lowest BCUT2D eigenvalue weighted by Gasteiger charge is -2.28. The first-order chi connectivity index (χ1) is 13.1. The number of rotatable bonds is 4. The van der Waals surface area contributed by atoms with Gasteiger partial charge < -0.3 is 14.1 Å². The van der Waals surface area contributed by atoms with Crippen molar-refractivity contribution in [3.8, 4) is 0 Å². The molecule has 1 fully saturated rings. The fourth-order valence-corrected chi connectivity index (χ4v) is 4.04. The molecule has 27 heavy (non-hydrogen) atoms. The highest BCUT2D eigenvalue weighted by Crippen LogP contribution is 2.27. The van der Waals surface area contributed by atoms with Crippen LogP contribution in [0.25, 0.3) is 11.0 Å². The minimum atomic E-state index is -0.332. The average Bonchev–Trinajstić information content (AvgIpc) is 2.67. The Balaban J connectivity index is 1.60. The maximum atomic E-state index is 11.9. The van der Waals surface area contributed by atoms with Crippen LogP contribution in [0.5, 0.6) is 0 Å². The van der Waals surface area contributed by atoms with E-state index in [2.05, 4.69) is 9.88 Å². The van der Waals surface area contributed by atoms with Crippen molar-refractivity contribution >= 4 is 28.5 Å². The summed E-state index contributed by atoms with van der Waals surface area (Å²) in [5.41, 5.74) is 3.28. The quantitative estimate of drug-likeness (QED) is 0.389. The molecule has 4 rings (SSSR count). The molecule has 2 aromatic heterocycles. The van der Waals surface area contributed by atoms with Gasteiger partial charge in [0.1, 0.15) is 11.4 Å². The fraction of sp³-hybridized carbons (Fsp3) is 0.350. The zero-order valence-electron chi connectivity index (χ0n) is 15.4. The van der Waals surface area contributed by atoms with Crippen molar-refractivity contribution in [3.05, 3.63) is 57.6 Å². The van der Waals surface area contributed by atoms with Gasteiger partial charge in [0.25, 0.3) is 0 Å². The van der Waals surface area contributed by atoms with E-state index in [0.717, 1.165) is 54.3 Å². The lowest BCUT2D eigenvalue weighted by atomic mass is 10.1. The van der Waals surface area contributed by atoms with Crippen LogP contribution in [0.15, 0.2) is 44.7 Å². The molecule has 1 aromatic carbocycles. The van der Waals surface area contributed by atoms with E-state index in [0.29, 0.717) is 16.5 Å². The van der Waals surface area contributed by atoms with Crippen LogP contribution in [0.2, 0.25) is 0 Å². The van der Waals surface area contributed by atoms with Gasteiger partial charge in [0.2, 0.25) is 0 Å². The maximum absolute atomic E-state index is 11.9. The molecule has 0 N–H and O–H groups in total. The lowest BCUT2D eigenvalue weighted by molar-refractivity contribution is 0.122. The van der Waals surface area contributed by atoms with Crippen molar-refractivity contribution in [2.24, 2.45) is 0 Å². The second-order valence-corrected chi connectivity index (χ2v) is 7.57. The molecule has 0 saturated carbocycles. The molecule has 1 aliphatic heterocycles. The molecule has 0 atom stereocenters. The standard InChI is InChI=1S/C20H21N3O3S/c1-13-3-4-17-16(9-13)15(11-19(24)26-17)12-27-20-21-14(2)10-18(22-20)23-5-7-25-8-6-23/h3-4,9-11H,5-8,12H2,1-2H3. The van der Waals surface area contributed by atoms with E-state index >= 15 is 0 Å². The molecule has 0 radical (unpaired) electrons. The molecular formula is C20H21N3O3S. The van der Waals surface area contributed by atoms with E-state index in [1.54, 1.807) is 6.07 Å². The first-order valence-corrected chi connectivity index (χ1v) is 9.91. The molecule has 6 nitrogen and oxygen atoms in total. The molecule has 3 aromatic rings. The Kier molecular flexibility index (Phi) is 5.13. The normalized spacial score (nSPS) is 14.7. The van der Waals surface area contributed by atoms with Crippen molar-refractivity contribution in [3.63, 3.8) is 0 Å². The number of fused-ring (bicyclic) bond motifs is 1. The van der Waals surface area contributed by atoms with Gasteiger partial charge in [-0.15, -0.1) is 0 Å². The number of hydrogen-bond donors (Lipinski definition) is 0. The topological polar surface area (TPSA) is 68.5 Å². The van der Waals surface area contributed by atoms with Crippen LogP contribution >= 0.6 is 11.8 Å². The SMILES string of the molecule is Cc1ccc2oc(=O)cc(CSc3nc(C)cc(N4CCOCC4)n3)c2c1. The Morgan fingerprint density at radius 3 is 2.74 bits per heavy atom. The van der Waals surface area contributed by atoms with Crippen molar-refractivity contribution in [1.29, 1.82) is 0 Å². The van der Waals surface area contributed by atoms with Gasteiger partial charge in [-0.05, 0) is 31.5 Å². The van der Waals surface area contributed by atoms with Crippen LogP contribution in [0.3, 0.4) is 0 Å². The molecular weight excluding hydrogens is 362 g/mol. The van der Waals surface area contributed by atoms with Crippen LogP contribution in [-0.4, -0.2) is 36.3 Å². The first-order valence-electron chi connectivity index (χ1n) is 8.93. The van der Waals surface area contributed by atoms with Crippen LogP contribution in [0, 0.1) is 13.8 Å². The van der Waals surface area contributed by atoms with E-state index in [-0.39, 0.29) is 5.63 Å². The van der Waals surface area contributed by atoms with Gasteiger partial charge in [-0.2, -0.15) is 0 Å².